The van der Waals surface area contributed by atoms with Crippen molar-refractivity contribution in [2.24, 2.45) is 5.10 Å². The van der Waals surface area contributed by atoms with Gasteiger partial charge in [0, 0.05) is 10.4 Å². The molecule has 0 aliphatic rings. The summed E-state index contributed by atoms with van der Waals surface area (Å²) in [5, 5.41) is 4.92. The molecule has 168 valence electrons. The highest BCUT2D eigenvalue weighted by Gasteiger charge is 2.15. The van der Waals surface area contributed by atoms with Gasteiger partial charge in [0.2, 0.25) is 0 Å². The molecule has 0 spiro atoms. The number of aromatic nitrogens is 1. The van der Waals surface area contributed by atoms with Crippen LogP contribution in [0.4, 0.5) is 0 Å². The maximum atomic E-state index is 12.6. The zero-order valence-electron chi connectivity index (χ0n) is 18.8. The number of carbonyl (C=O) groups is 1. The van der Waals surface area contributed by atoms with Gasteiger partial charge in [-0.05, 0) is 44.0 Å². The fourth-order valence-electron chi connectivity index (χ4n) is 3.06. The van der Waals surface area contributed by atoms with Gasteiger partial charge in [0.1, 0.15) is 10.7 Å². The summed E-state index contributed by atoms with van der Waals surface area (Å²) in [7, 11) is 0. The molecule has 1 amide bonds. The molecule has 7 heteroatoms. The maximum Gasteiger partial charge on any atom is 0.291 e. The van der Waals surface area contributed by atoms with Crippen LogP contribution in [0.3, 0.4) is 0 Å². The van der Waals surface area contributed by atoms with Crippen LogP contribution in [0, 0.1) is 6.92 Å². The van der Waals surface area contributed by atoms with E-state index in [2.05, 4.69) is 22.4 Å². The van der Waals surface area contributed by atoms with Crippen LogP contribution >= 0.6 is 11.3 Å². The number of nitrogens with one attached hydrogen (secondary N) is 1. The number of hydrogen-bond donors (Lipinski definition) is 1. The first-order chi connectivity index (χ1) is 15.6. The topological polar surface area (TPSA) is 72.8 Å². The number of rotatable bonds is 11. The van der Waals surface area contributed by atoms with E-state index in [1.807, 2.05) is 62.4 Å². The molecular weight excluding hydrogens is 422 g/mol. The Hall–Kier alpha value is -3.19. The van der Waals surface area contributed by atoms with Crippen LogP contribution < -0.4 is 14.9 Å². The molecular formula is C25H29N3O3S. The number of amides is 1. The molecule has 1 N–H and O–H groups in total. The average molecular weight is 452 g/mol. The second kappa shape index (κ2) is 12.0. The van der Waals surface area contributed by atoms with Crippen LogP contribution in [-0.4, -0.2) is 30.3 Å². The number of thiazole rings is 1. The van der Waals surface area contributed by atoms with Crippen molar-refractivity contribution in [2.75, 3.05) is 13.2 Å². The summed E-state index contributed by atoms with van der Waals surface area (Å²) in [6.45, 7) is 7.18. The molecule has 0 radical (unpaired) electrons. The molecule has 2 aromatic carbocycles. The summed E-state index contributed by atoms with van der Waals surface area (Å²) in [5.41, 5.74) is 4.75. The highest BCUT2D eigenvalue weighted by atomic mass is 32.1. The van der Waals surface area contributed by atoms with Crippen LogP contribution in [0.15, 0.2) is 53.6 Å². The lowest BCUT2D eigenvalue weighted by Gasteiger charge is -2.12. The highest BCUT2D eigenvalue weighted by Crippen LogP contribution is 2.29. The number of nitrogens with zero attached hydrogens (tertiary/aromatic N) is 2. The summed E-state index contributed by atoms with van der Waals surface area (Å²) in [6, 6.07) is 15.4. The van der Waals surface area contributed by atoms with E-state index in [0.29, 0.717) is 24.7 Å². The van der Waals surface area contributed by atoms with E-state index >= 15 is 0 Å². The fraction of sp³-hybridized carbons (Fsp3) is 0.320. The summed E-state index contributed by atoms with van der Waals surface area (Å²) >= 11 is 1.49. The smallest absolute Gasteiger partial charge is 0.291 e. The van der Waals surface area contributed by atoms with Gasteiger partial charge in [0.15, 0.2) is 11.5 Å². The van der Waals surface area contributed by atoms with Crippen molar-refractivity contribution in [2.45, 2.75) is 40.0 Å². The summed E-state index contributed by atoms with van der Waals surface area (Å²) in [5.74, 6) is 1.05. The first-order valence-electron chi connectivity index (χ1n) is 10.9. The van der Waals surface area contributed by atoms with E-state index in [1.165, 1.54) is 11.3 Å². The minimum atomic E-state index is -0.335. The summed E-state index contributed by atoms with van der Waals surface area (Å²) in [6.07, 6.45) is 4.89. The van der Waals surface area contributed by atoms with E-state index in [-0.39, 0.29) is 5.91 Å². The minimum Gasteiger partial charge on any atom is -0.490 e. The number of unbranched alkanes of at least 4 members (excludes halogenated alkanes) is 2. The molecule has 0 fully saturated rings. The van der Waals surface area contributed by atoms with Crippen molar-refractivity contribution in [3.63, 3.8) is 0 Å². The van der Waals surface area contributed by atoms with Gasteiger partial charge in [-0.25, -0.2) is 10.4 Å². The van der Waals surface area contributed by atoms with E-state index in [4.69, 9.17) is 9.47 Å². The van der Waals surface area contributed by atoms with E-state index in [9.17, 15) is 4.79 Å². The maximum absolute atomic E-state index is 12.6. The Morgan fingerprint density at radius 1 is 1.09 bits per heavy atom. The number of ether oxygens (including phenoxy) is 2. The van der Waals surface area contributed by atoms with Gasteiger partial charge in [0.05, 0.1) is 19.4 Å². The minimum absolute atomic E-state index is 0.335. The predicted molar refractivity (Wildman–Crippen MR) is 130 cm³/mol. The normalized spacial score (nSPS) is 11.0. The third kappa shape index (κ3) is 6.40. The lowest BCUT2D eigenvalue weighted by Crippen LogP contribution is -2.19. The highest BCUT2D eigenvalue weighted by molar-refractivity contribution is 7.15. The molecule has 0 unspecified atom stereocenters. The largest absolute Gasteiger partial charge is 0.490 e. The van der Waals surface area contributed by atoms with Crippen LogP contribution in [0.5, 0.6) is 11.5 Å². The zero-order chi connectivity index (χ0) is 22.8. The molecule has 1 heterocycles. The number of hydrazone groups is 1. The third-order valence-electron chi connectivity index (χ3n) is 4.69. The van der Waals surface area contributed by atoms with Crippen LogP contribution in [0.1, 0.15) is 54.0 Å². The Balaban J connectivity index is 1.64. The first kappa shape index (κ1) is 23.5. The standard InChI is InChI=1S/C25H29N3O3S/c1-4-6-10-15-31-21-14-13-19(16-22(21)30-5-2)17-26-28-24(29)23-18(3)32-25(27-23)20-11-8-7-9-12-20/h7-9,11-14,16-17H,4-6,10,15H2,1-3H3,(H,28,29)/b26-17-. The number of hydrogen-bond acceptors (Lipinski definition) is 6. The van der Waals surface area contributed by atoms with Gasteiger partial charge >= 0.3 is 0 Å². The van der Waals surface area contributed by atoms with E-state index < -0.39 is 0 Å². The fourth-order valence-corrected chi connectivity index (χ4v) is 3.97. The second-order valence-corrected chi connectivity index (χ2v) is 8.39. The number of aryl methyl sites for hydroxylation is 1. The SMILES string of the molecule is CCCCCOc1ccc(/C=N\NC(=O)c2nc(-c3ccccc3)sc2C)cc1OCC. The molecule has 0 bridgehead atoms. The Morgan fingerprint density at radius 3 is 2.66 bits per heavy atom. The van der Waals surface area contributed by atoms with E-state index in [1.54, 1.807) is 6.21 Å². The Bertz CT molecular complexity index is 1050. The molecule has 3 aromatic rings. The Morgan fingerprint density at radius 2 is 1.91 bits per heavy atom. The number of benzene rings is 2. The molecule has 0 saturated heterocycles. The van der Waals surface area contributed by atoms with Crippen LogP contribution in [-0.2, 0) is 0 Å². The average Bonchev–Trinajstić information content (AvgIpc) is 3.20. The Labute approximate surface area is 193 Å². The quantitative estimate of drug-likeness (QED) is 0.225. The van der Waals surface area contributed by atoms with Gasteiger partial charge in [-0.2, -0.15) is 5.10 Å². The monoisotopic (exact) mass is 451 g/mol. The molecule has 0 atom stereocenters. The molecule has 1 aromatic heterocycles. The van der Waals surface area contributed by atoms with Crippen LogP contribution in [0.25, 0.3) is 10.6 Å². The predicted octanol–water partition coefficient (Wildman–Crippen LogP) is 5.85. The van der Waals surface area contributed by atoms with Crippen molar-refractivity contribution < 1.29 is 14.3 Å². The van der Waals surface area contributed by atoms with Crippen LogP contribution in [0.2, 0.25) is 0 Å². The molecule has 0 saturated carbocycles. The van der Waals surface area contributed by atoms with Gasteiger partial charge in [0.25, 0.3) is 5.91 Å². The first-order valence-corrected chi connectivity index (χ1v) is 11.7. The molecule has 32 heavy (non-hydrogen) atoms. The molecule has 0 aliphatic heterocycles. The molecule has 6 nitrogen and oxygen atoms in total. The lowest BCUT2D eigenvalue weighted by molar-refractivity contribution is 0.0950. The van der Waals surface area contributed by atoms with Gasteiger partial charge in [-0.1, -0.05) is 50.1 Å². The Kier molecular flexibility index (Phi) is 8.80. The number of carbonyl (C=O) groups excluding carboxylic acids is 1. The molecule has 0 aliphatic carbocycles. The van der Waals surface area contributed by atoms with Crippen molar-refractivity contribution >= 4 is 23.5 Å². The summed E-state index contributed by atoms with van der Waals surface area (Å²) in [4.78, 5) is 17.9. The van der Waals surface area contributed by atoms with Crippen molar-refractivity contribution in [1.82, 2.24) is 10.4 Å². The van der Waals surface area contributed by atoms with Crippen molar-refractivity contribution in [3.8, 4) is 22.1 Å². The van der Waals surface area contributed by atoms with Crippen molar-refractivity contribution in [3.05, 3.63) is 64.7 Å². The lowest BCUT2D eigenvalue weighted by atomic mass is 10.2. The van der Waals surface area contributed by atoms with Gasteiger partial charge < -0.3 is 9.47 Å². The van der Waals surface area contributed by atoms with E-state index in [0.717, 1.165) is 46.0 Å². The molecule has 3 rings (SSSR count). The second-order valence-electron chi connectivity index (χ2n) is 7.18. The third-order valence-corrected chi connectivity index (χ3v) is 5.71. The van der Waals surface area contributed by atoms with Gasteiger partial charge in [-0.3, -0.25) is 4.79 Å². The van der Waals surface area contributed by atoms with Crippen molar-refractivity contribution in [1.29, 1.82) is 0 Å². The van der Waals surface area contributed by atoms with Gasteiger partial charge in [-0.15, -0.1) is 11.3 Å². The zero-order valence-corrected chi connectivity index (χ0v) is 19.6. The summed E-state index contributed by atoms with van der Waals surface area (Å²) < 4.78 is 11.6.